The van der Waals surface area contributed by atoms with Gasteiger partial charge in [-0.3, -0.25) is 4.79 Å². The first-order chi connectivity index (χ1) is 12.1. The van der Waals surface area contributed by atoms with Gasteiger partial charge in [-0.05, 0) is 37.5 Å². The number of nitrogens with one attached hydrogen (secondary N) is 2. The monoisotopic (exact) mass is 338 g/mol. The fourth-order valence-electron chi connectivity index (χ4n) is 2.84. The van der Waals surface area contributed by atoms with E-state index in [0.717, 1.165) is 37.1 Å². The van der Waals surface area contributed by atoms with Crippen LogP contribution in [0.1, 0.15) is 18.4 Å². The standard InChI is InChI=1S/C19H22N4O2/c1-14-5-4-6-15(11-14)16-7-8-17(20-12-16)22-18(24)13-21-19(25)23-9-2-3-10-23/h4-8,11-12H,2-3,9-10,13H2,1H3,(H,21,25)(H,20,22,24). The molecule has 0 unspecified atom stereocenters. The highest BCUT2D eigenvalue weighted by Gasteiger charge is 2.18. The third-order valence-electron chi connectivity index (χ3n) is 4.18. The van der Waals surface area contributed by atoms with Crippen molar-refractivity contribution in [3.63, 3.8) is 0 Å². The first kappa shape index (κ1) is 17.0. The molecule has 6 nitrogen and oxygen atoms in total. The highest BCUT2D eigenvalue weighted by Crippen LogP contribution is 2.20. The molecule has 2 aromatic rings. The van der Waals surface area contributed by atoms with Crippen molar-refractivity contribution in [3.8, 4) is 11.1 Å². The van der Waals surface area contributed by atoms with E-state index < -0.39 is 0 Å². The maximum absolute atomic E-state index is 11.9. The second kappa shape index (κ2) is 7.79. The molecule has 0 radical (unpaired) electrons. The molecule has 1 fully saturated rings. The Kier molecular flexibility index (Phi) is 5.28. The Morgan fingerprint density at radius 2 is 1.92 bits per heavy atom. The number of urea groups is 1. The predicted octanol–water partition coefficient (Wildman–Crippen LogP) is 2.80. The van der Waals surface area contributed by atoms with Gasteiger partial charge in [-0.15, -0.1) is 0 Å². The predicted molar refractivity (Wildman–Crippen MR) is 97.2 cm³/mol. The molecule has 1 aromatic heterocycles. The first-order valence-electron chi connectivity index (χ1n) is 8.47. The van der Waals surface area contributed by atoms with Gasteiger partial charge in [-0.25, -0.2) is 9.78 Å². The van der Waals surface area contributed by atoms with Crippen LogP contribution in [0, 0.1) is 6.92 Å². The summed E-state index contributed by atoms with van der Waals surface area (Å²) in [6.45, 7) is 3.50. The van der Waals surface area contributed by atoms with Crippen molar-refractivity contribution in [2.75, 3.05) is 25.0 Å². The van der Waals surface area contributed by atoms with Gasteiger partial charge in [0.15, 0.2) is 0 Å². The second-order valence-corrected chi connectivity index (χ2v) is 6.20. The molecule has 1 saturated heterocycles. The maximum Gasteiger partial charge on any atom is 0.317 e. The normalized spacial score (nSPS) is 13.6. The Balaban J connectivity index is 1.52. The molecular formula is C19H22N4O2. The van der Waals surface area contributed by atoms with Crippen LogP contribution in [0.25, 0.3) is 11.1 Å². The first-order valence-corrected chi connectivity index (χ1v) is 8.47. The van der Waals surface area contributed by atoms with Crippen molar-refractivity contribution < 1.29 is 9.59 Å². The SMILES string of the molecule is Cc1cccc(-c2ccc(NC(=O)CNC(=O)N3CCCC3)nc2)c1. The molecule has 3 rings (SSSR count). The molecule has 0 saturated carbocycles. The molecule has 25 heavy (non-hydrogen) atoms. The highest BCUT2D eigenvalue weighted by atomic mass is 16.2. The quantitative estimate of drug-likeness (QED) is 0.900. The number of pyridine rings is 1. The van der Waals surface area contributed by atoms with E-state index in [1.165, 1.54) is 5.56 Å². The van der Waals surface area contributed by atoms with E-state index in [-0.39, 0.29) is 18.5 Å². The van der Waals surface area contributed by atoms with Gasteiger partial charge < -0.3 is 15.5 Å². The topological polar surface area (TPSA) is 74.3 Å². The van der Waals surface area contributed by atoms with Crippen molar-refractivity contribution in [3.05, 3.63) is 48.2 Å². The summed E-state index contributed by atoms with van der Waals surface area (Å²) in [6, 6.07) is 11.7. The number of hydrogen-bond acceptors (Lipinski definition) is 3. The maximum atomic E-state index is 11.9. The molecule has 1 aromatic carbocycles. The number of amides is 3. The van der Waals surface area contributed by atoms with E-state index in [1.807, 2.05) is 31.2 Å². The minimum Gasteiger partial charge on any atom is -0.329 e. The molecule has 2 heterocycles. The average molecular weight is 338 g/mol. The number of anilines is 1. The zero-order chi connectivity index (χ0) is 17.6. The summed E-state index contributed by atoms with van der Waals surface area (Å²) < 4.78 is 0. The Labute approximate surface area is 147 Å². The number of carbonyl (C=O) groups excluding carboxylic acids is 2. The molecule has 6 heteroatoms. The van der Waals surface area contributed by atoms with Crippen LogP contribution in [-0.2, 0) is 4.79 Å². The van der Waals surface area contributed by atoms with Crippen LogP contribution in [0.2, 0.25) is 0 Å². The lowest BCUT2D eigenvalue weighted by Gasteiger charge is -2.15. The molecule has 1 aliphatic rings. The molecule has 130 valence electrons. The lowest BCUT2D eigenvalue weighted by atomic mass is 10.1. The van der Waals surface area contributed by atoms with Crippen molar-refractivity contribution in [2.45, 2.75) is 19.8 Å². The number of aromatic nitrogens is 1. The minimum atomic E-state index is -0.289. The van der Waals surface area contributed by atoms with Crippen molar-refractivity contribution in [2.24, 2.45) is 0 Å². The number of carbonyl (C=O) groups is 2. The summed E-state index contributed by atoms with van der Waals surface area (Å²) in [4.78, 5) is 29.8. The molecule has 0 spiro atoms. The van der Waals surface area contributed by atoms with Crippen LogP contribution in [0.4, 0.5) is 10.6 Å². The van der Waals surface area contributed by atoms with E-state index in [2.05, 4.69) is 21.7 Å². The molecule has 0 aliphatic carbocycles. The van der Waals surface area contributed by atoms with Crippen molar-refractivity contribution in [1.29, 1.82) is 0 Å². The zero-order valence-electron chi connectivity index (χ0n) is 14.3. The van der Waals surface area contributed by atoms with Crippen LogP contribution >= 0.6 is 0 Å². The Morgan fingerprint density at radius 1 is 1.12 bits per heavy atom. The molecule has 0 atom stereocenters. The Morgan fingerprint density at radius 3 is 2.60 bits per heavy atom. The number of rotatable bonds is 4. The third kappa shape index (κ3) is 4.56. The van der Waals surface area contributed by atoms with E-state index in [9.17, 15) is 9.59 Å². The summed E-state index contributed by atoms with van der Waals surface area (Å²) in [5, 5.41) is 5.33. The van der Waals surface area contributed by atoms with E-state index >= 15 is 0 Å². The van der Waals surface area contributed by atoms with Gasteiger partial charge in [0.25, 0.3) is 0 Å². The summed E-state index contributed by atoms with van der Waals surface area (Å²) in [7, 11) is 0. The lowest BCUT2D eigenvalue weighted by molar-refractivity contribution is -0.115. The summed E-state index contributed by atoms with van der Waals surface area (Å²) in [5.41, 5.74) is 3.26. The van der Waals surface area contributed by atoms with Gasteiger partial charge in [0.05, 0.1) is 6.54 Å². The Hall–Kier alpha value is -2.89. The van der Waals surface area contributed by atoms with Gasteiger partial charge in [0.1, 0.15) is 5.82 Å². The van der Waals surface area contributed by atoms with Crippen LogP contribution in [0.5, 0.6) is 0 Å². The zero-order valence-corrected chi connectivity index (χ0v) is 14.3. The van der Waals surface area contributed by atoms with Crippen molar-refractivity contribution >= 4 is 17.8 Å². The van der Waals surface area contributed by atoms with E-state index in [1.54, 1.807) is 17.2 Å². The summed E-state index contributed by atoms with van der Waals surface area (Å²) in [6.07, 6.45) is 3.78. The summed E-state index contributed by atoms with van der Waals surface area (Å²) in [5.74, 6) is 0.181. The fourth-order valence-corrected chi connectivity index (χ4v) is 2.84. The molecule has 2 N–H and O–H groups in total. The molecular weight excluding hydrogens is 316 g/mol. The number of benzene rings is 1. The van der Waals surface area contributed by atoms with Gasteiger partial charge in [0, 0.05) is 24.8 Å². The molecule has 3 amide bonds. The fraction of sp³-hybridized carbons (Fsp3) is 0.316. The van der Waals surface area contributed by atoms with Gasteiger partial charge in [-0.2, -0.15) is 0 Å². The number of likely N-dealkylation sites (tertiary alicyclic amines) is 1. The van der Waals surface area contributed by atoms with Crippen LogP contribution < -0.4 is 10.6 Å². The average Bonchev–Trinajstić information content (AvgIpc) is 3.15. The van der Waals surface area contributed by atoms with Crippen LogP contribution in [0.3, 0.4) is 0 Å². The van der Waals surface area contributed by atoms with E-state index in [4.69, 9.17) is 0 Å². The van der Waals surface area contributed by atoms with E-state index in [0.29, 0.717) is 5.82 Å². The van der Waals surface area contributed by atoms with Crippen molar-refractivity contribution in [1.82, 2.24) is 15.2 Å². The lowest BCUT2D eigenvalue weighted by Crippen LogP contribution is -2.41. The molecule has 0 bridgehead atoms. The van der Waals surface area contributed by atoms with Crippen LogP contribution in [0.15, 0.2) is 42.6 Å². The number of nitrogens with zero attached hydrogens (tertiary/aromatic N) is 2. The number of hydrogen-bond donors (Lipinski definition) is 2. The highest BCUT2D eigenvalue weighted by molar-refractivity contribution is 5.93. The van der Waals surface area contributed by atoms with Gasteiger partial charge in [0.2, 0.25) is 5.91 Å². The second-order valence-electron chi connectivity index (χ2n) is 6.20. The minimum absolute atomic E-state index is 0.0589. The van der Waals surface area contributed by atoms with Gasteiger partial charge in [-0.1, -0.05) is 29.8 Å². The Bertz CT molecular complexity index is 752. The third-order valence-corrected chi connectivity index (χ3v) is 4.18. The van der Waals surface area contributed by atoms with Crippen LogP contribution in [-0.4, -0.2) is 41.5 Å². The van der Waals surface area contributed by atoms with Gasteiger partial charge >= 0.3 is 6.03 Å². The molecule has 1 aliphatic heterocycles. The number of aryl methyl sites for hydroxylation is 1. The largest absolute Gasteiger partial charge is 0.329 e. The smallest absolute Gasteiger partial charge is 0.317 e. The summed E-state index contributed by atoms with van der Waals surface area (Å²) >= 11 is 0.